The predicted molar refractivity (Wildman–Crippen MR) is 76.6 cm³/mol. The van der Waals surface area contributed by atoms with Crippen LogP contribution in [0, 0.1) is 13.8 Å². The summed E-state index contributed by atoms with van der Waals surface area (Å²) in [6.07, 6.45) is 0.556. The largest absolute Gasteiger partial charge is 0.544 e. The Labute approximate surface area is 126 Å². The monoisotopic (exact) mass is 310 g/mol. The first-order valence-corrected chi connectivity index (χ1v) is 7.23. The number of rotatable bonds is 5. The Kier molecular flexibility index (Phi) is 4.62. The van der Waals surface area contributed by atoms with Gasteiger partial charge in [0.15, 0.2) is 0 Å². The van der Waals surface area contributed by atoms with E-state index in [0.29, 0.717) is 23.7 Å². The highest BCUT2D eigenvalue weighted by molar-refractivity contribution is 7.13. The van der Waals surface area contributed by atoms with Crippen LogP contribution in [0.15, 0.2) is 18.2 Å². The van der Waals surface area contributed by atoms with Crippen LogP contribution < -0.4 is 9.84 Å². The molecule has 0 saturated carbocycles. The summed E-state index contributed by atoms with van der Waals surface area (Å²) in [6, 6.07) is 5.45. The molecule has 2 aromatic rings. The average molecular weight is 311 g/mol. The molecule has 1 heterocycles. The molecule has 4 nitrogen and oxygen atoms in total. The Morgan fingerprint density at radius 3 is 2.80 bits per heavy atom. The van der Waals surface area contributed by atoms with Crippen LogP contribution in [0.25, 0.3) is 0 Å². The van der Waals surface area contributed by atoms with E-state index in [1.54, 1.807) is 19.1 Å². The highest BCUT2D eigenvalue weighted by atomic mass is 35.5. The smallest absolute Gasteiger partial charge is 0.119 e. The molecule has 2 rings (SSSR count). The summed E-state index contributed by atoms with van der Waals surface area (Å²) in [5, 5.41) is 12.2. The zero-order valence-corrected chi connectivity index (χ0v) is 12.7. The molecule has 0 radical (unpaired) electrons. The van der Waals surface area contributed by atoms with Gasteiger partial charge in [0, 0.05) is 11.4 Å². The normalized spacial score (nSPS) is 10.6. The standard InChI is InChI=1S/C14H14ClNO3S/c1-8-7-10(3-4-11(8)15)19-6-5-12-16-9(2)13(20-12)14(17)18/h3-4,7H,5-6H2,1-2H3,(H,17,18)/p-1. The van der Waals surface area contributed by atoms with E-state index in [1.165, 1.54) is 0 Å². The van der Waals surface area contributed by atoms with Crippen molar-refractivity contribution in [1.29, 1.82) is 0 Å². The molecule has 0 fully saturated rings. The van der Waals surface area contributed by atoms with E-state index in [4.69, 9.17) is 16.3 Å². The van der Waals surface area contributed by atoms with Gasteiger partial charge in [-0.2, -0.15) is 0 Å². The van der Waals surface area contributed by atoms with Gasteiger partial charge in [-0.25, -0.2) is 4.98 Å². The van der Waals surface area contributed by atoms with Crippen molar-refractivity contribution >= 4 is 28.9 Å². The van der Waals surface area contributed by atoms with Gasteiger partial charge in [-0.3, -0.25) is 0 Å². The van der Waals surface area contributed by atoms with Crippen LogP contribution in [0.5, 0.6) is 5.75 Å². The lowest BCUT2D eigenvalue weighted by molar-refractivity contribution is -0.254. The van der Waals surface area contributed by atoms with Gasteiger partial charge in [-0.05, 0) is 37.6 Å². The zero-order valence-electron chi connectivity index (χ0n) is 11.1. The first-order valence-electron chi connectivity index (χ1n) is 6.04. The number of carbonyl (C=O) groups is 1. The van der Waals surface area contributed by atoms with E-state index in [9.17, 15) is 9.90 Å². The number of aryl methyl sites for hydroxylation is 2. The lowest BCUT2D eigenvalue weighted by Gasteiger charge is -2.06. The summed E-state index contributed by atoms with van der Waals surface area (Å²) in [7, 11) is 0. The summed E-state index contributed by atoms with van der Waals surface area (Å²) < 4.78 is 5.60. The number of halogens is 1. The first-order chi connectivity index (χ1) is 9.47. The van der Waals surface area contributed by atoms with Crippen molar-refractivity contribution in [3.8, 4) is 5.75 Å². The number of hydrogen-bond donors (Lipinski definition) is 0. The number of carbonyl (C=O) groups excluding carboxylic acids is 1. The molecule has 6 heteroatoms. The molecule has 0 aliphatic carbocycles. The number of benzene rings is 1. The Balaban J connectivity index is 1.94. The number of thiazole rings is 1. The third kappa shape index (κ3) is 3.49. The van der Waals surface area contributed by atoms with Gasteiger partial charge < -0.3 is 14.6 Å². The van der Waals surface area contributed by atoms with Gasteiger partial charge in [0.1, 0.15) is 5.75 Å². The van der Waals surface area contributed by atoms with Gasteiger partial charge in [0.2, 0.25) is 0 Å². The fourth-order valence-electron chi connectivity index (χ4n) is 1.71. The average Bonchev–Trinajstić information content (AvgIpc) is 2.75. The summed E-state index contributed by atoms with van der Waals surface area (Å²) >= 11 is 7.07. The van der Waals surface area contributed by atoms with Crippen molar-refractivity contribution < 1.29 is 14.6 Å². The van der Waals surface area contributed by atoms with Crippen LogP contribution in [0.3, 0.4) is 0 Å². The van der Waals surface area contributed by atoms with E-state index in [2.05, 4.69) is 4.98 Å². The maximum atomic E-state index is 10.8. The second kappa shape index (κ2) is 6.24. The molecule has 1 aromatic heterocycles. The summed E-state index contributed by atoms with van der Waals surface area (Å²) in [6.45, 7) is 4.00. The molecular formula is C14H13ClNO3S-. The minimum atomic E-state index is -1.18. The Bertz CT molecular complexity index is 639. The highest BCUT2D eigenvalue weighted by Gasteiger charge is 2.08. The summed E-state index contributed by atoms with van der Waals surface area (Å²) in [4.78, 5) is 15.2. The van der Waals surface area contributed by atoms with E-state index in [0.717, 1.165) is 27.7 Å². The van der Waals surface area contributed by atoms with Crippen molar-refractivity contribution in [1.82, 2.24) is 4.98 Å². The maximum Gasteiger partial charge on any atom is 0.119 e. The fraction of sp³-hybridized carbons (Fsp3) is 0.286. The highest BCUT2D eigenvalue weighted by Crippen LogP contribution is 2.22. The van der Waals surface area contributed by atoms with Crippen LogP contribution in [-0.4, -0.2) is 17.6 Å². The lowest BCUT2D eigenvalue weighted by atomic mass is 10.2. The fourth-order valence-corrected chi connectivity index (χ4v) is 2.71. The van der Waals surface area contributed by atoms with Gasteiger partial charge in [-0.15, -0.1) is 11.3 Å². The number of nitrogens with zero attached hydrogens (tertiary/aromatic N) is 1. The van der Waals surface area contributed by atoms with Crippen molar-refractivity contribution in [3.63, 3.8) is 0 Å². The van der Waals surface area contributed by atoms with Crippen molar-refractivity contribution in [2.45, 2.75) is 20.3 Å². The van der Waals surface area contributed by atoms with Crippen LogP contribution in [0.2, 0.25) is 5.02 Å². The summed E-state index contributed by atoms with van der Waals surface area (Å²) in [5.41, 5.74) is 1.45. The van der Waals surface area contributed by atoms with E-state index < -0.39 is 5.97 Å². The first kappa shape index (κ1) is 14.8. The Morgan fingerprint density at radius 2 is 2.20 bits per heavy atom. The molecule has 0 spiro atoms. The molecule has 0 saturated heterocycles. The second-order valence-electron chi connectivity index (χ2n) is 4.32. The van der Waals surface area contributed by atoms with Crippen LogP contribution in [0.4, 0.5) is 0 Å². The lowest BCUT2D eigenvalue weighted by Crippen LogP contribution is -2.21. The van der Waals surface area contributed by atoms with Crippen LogP contribution in [-0.2, 0) is 6.42 Å². The molecule has 0 N–H and O–H groups in total. The zero-order chi connectivity index (χ0) is 14.7. The third-order valence-corrected chi connectivity index (χ3v) is 4.36. The topological polar surface area (TPSA) is 62.2 Å². The minimum Gasteiger partial charge on any atom is -0.544 e. The van der Waals surface area contributed by atoms with Gasteiger partial charge in [0.05, 0.1) is 28.2 Å². The van der Waals surface area contributed by atoms with Crippen LogP contribution in [0.1, 0.15) is 25.9 Å². The number of carboxylic acids is 1. The van der Waals surface area contributed by atoms with Gasteiger partial charge in [0.25, 0.3) is 0 Å². The quantitative estimate of drug-likeness (QED) is 0.850. The Hall–Kier alpha value is -1.59. The second-order valence-corrected chi connectivity index (χ2v) is 5.81. The van der Waals surface area contributed by atoms with Gasteiger partial charge >= 0.3 is 0 Å². The molecule has 20 heavy (non-hydrogen) atoms. The van der Waals surface area contributed by atoms with E-state index in [1.807, 2.05) is 13.0 Å². The number of hydrogen-bond acceptors (Lipinski definition) is 5. The number of aromatic nitrogens is 1. The molecule has 0 bridgehead atoms. The third-order valence-electron chi connectivity index (χ3n) is 2.74. The maximum absolute atomic E-state index is 10.8. The molecule has 0 aliphatic heterocycles. The van der Waals surface area contributed by atoms with Crippen LogP contribution >= 0.6 is 22.9 Å². The van der Waals surface area contributed by atoms with Crippen molar-refractivity contribution in [2.75, 3.05) is 6.61 Å². The number of ether oxygens (including phenoxy) is 1. The number of aromatic carboxylic acids is 1. The molecular weight excluding hydrogens is 298 g/mol. The molecule has 0 aliphatic rings. The molecule has 106 valence electrons. The molecule has 0 amide bonds. The molecule has 1 aromatic carbocycles. The van der Waals surface area contributed by atoms with Crippen molar-refractivity contribution in [2.24, 2.45) is 0 Å². The minimum absolute atomic E-state index is 0.183. The van der Waals surface area contributed by atoms with E-state index in [-0.39, 0.29) is 4.88 Å². The number of carboxylic acid groups (broad SMARTS) is 1. The van der Waals surface area contributed by atoms with E-state index >= 15 is 0 Å². The molecule has 0 atom stereocenters. The summed E-state index contributed by atoms with van der Waals surface area (Å²) in [5.74, 6) is -0.444. The Morgan fingerprint density at radius 1 is 1.45 bits per heavy atom. The molecule has 0 unspecified atom stereocenters. The predicted octanol–water partition coefficient (Wildman–Crippen LogP) is 2.40. The van der Waals surface area contributed by atoms with Crippen molar-refractivity contribution in [3.05, 3.63) is 44.4 Å². The SMILES string of the molecule is Cc1cc(OCCc2nc(C)c(C(=O)[O-])s2)ccc1Cl. The van der Waals surface area contributed by atoms with Gasteiger partial charge in [-0.1, -0.05) is 11.6 Å².